The summed E-state index contributed by atoms with van der Waals surface area (Å²) < 4.78 is 0. The van der Waals surface area contributed by atoms with Gasteiger partial charge in [0.05, 0.1) is 0 Å². The van der Waals surface area contributed by atoms with Crippen molar-refractivity contribution < 1.29 is 0 Å². The van der Waals surface area contributed by atoms with Crippen LogP contribution in [0.15, 0.2) is 71.4 Å². The molecule has 3 aromatic rings. The molecule has 1 heterocycles. The predicted molar refractivity (Wildman–Crippen MR) is 91.9 cm³/mol. The fraction of sp³-hybridized carbons (Fsp3) is 0.111. The van der Waals surface area contributed by atoms with Crippen molar-refractivity contribution in [1.82, 2.24) is 0 Å². The second kappa shape index (κ2) is 6.95. The fourth-order valence-corrected chi connectivity index (χ4v) is 3.03. The molecule has 3 rings (SSSR count). The highest BCUT2D eigenvalue weighted by Crippen LogP contribution is 2.19. The van der Waals surface area contributed by atoms with Crippen molar-refractivity contribution in [2.45, 2.75) is 13.1 Å². The van der Waals surface area contributed by atoms with Crippen LogP contribution in [0.1, 0.15) is 11.1 Å². The van der Waals surface area contributed by atoms with Crippen molar-refractivity contribution in [1.29, 1.82) is 0 Å². The van der Waals surface area contributed by atoms with Crippen LogP contribution in [0.5, 0.6) is 0 Å². The fourth-order valence-electron chi connectivity index (χ4n) is 2.17. The first-order valence-corrected chi connectivity index (χ1v) is 7.98. The Morgan fingerprint density at radius 2 is 1.05 bits per heavy atom. The zero-order chi connectivity index (χ0) is 14.3. The highest BCUT2D eigenvalue weighted by atomic mass is 32.1. The minimum Gasteiger partial charge on any atom is -0.381 e. The van der Waals surface area contributed by atoms with Crippen LogP contribution in [0.25, 0.3) is 0 Å². The van der Waals surface area contributed by atoms with E-state index in [1.165, 1.54) is 11.1 Å². The van der Waals surface area contributed by atoms with Gasteiger partial charge in [-0.15, -0.1) is 0 Å². The predicted octanol–water partition coefficient (Wildman–Crippen LogP) is 4.97. The molecule has 0 bridgehead atoms. The van der Waals surface area contributed by atoms with Gasteiger partial charge in [-0.1, -0.05) is 36.4 Å². The Labute approximate surface area is 129 Å². The number of nitrogens with one attached hydrogen (secondary N) is 2. The number of rotatable bonds is 6. The molecule has 21 heavy (non-hydrogen) atoms. The summed E-state index contributed by atoms with van der Waals surface area (Å²) in [5, 5.41) is 11.4. The van der Waals surface area contributed by atoms with E-state index in [2.05, 4.69) is 45.7 Å². The number of benzene rings is 2. The Hall–Kier alpha value is -2.26. The molecular weight excluding hydrogens is 276 g/mol. The molecule has 0 aliphatic carbocycles. The average molecular weight is 294 g/mol. The maximum absolute atomic E-state index is 3.46. The number of hydrogen-bond acceptors (Lipinski definition) is 3. The monoisotopic (exact) mass is 294 g/mol. The van der Waals surface area contributed by atoms with E-state index in [9.17, 15) is 0 Å². The Balaban J connectivity index is 1.59. The molecule has 0 aliphatic heterocycles. The molecule has 0 amide bonds. The minimum absolute atomic E-state index is 0.860. The SMILES string of the molecule is c1ccc(NCc2cscc2CNc2ccccc2)cc1. The van der Waals surface area contributed by atoms with Gasteiger partial charge in [-0.2, -0.15) is 11.3 Å². The molecule has 2 aromatic carbocycles. The third-order valence-corrected chi connectivity index (χ3v) is 4.19. The Kier molecular flexibility index (Phi) is 4.54. The Morgan fingerprint density at radius 3 is 1.48 bits per heavy atom. The average Bonchev–Trinajstić information content (AvgIpc) is 3.00. The Bertz CT molecular complexity index is 604. The van der Waals surface area contributed by atoms with Crippen molar-refractivity contribution in [2.75, 3.05) is 10.6 Å². The second-order valence-corrected chi connectivity index (χ2v) is 5.60. The minimum atomic E-state index is 0.860. The summed E-state index contributed by atoms with van der Waals surface area (Å²) in [6, 6.07) is 20.6. The maximum atomic E-state index is 3.46. The van der Waals surface area contributed by atoms with Crippen molar-refractivity contribution in [3.63, 3.8) is 0 Å². The van der Waals surface area contributed by atoms with Crippen molar-refractivity contribution in [2.24, 2.45) is 0 Å². The number of anilines is 2. The largest absolute Gasteiger partial charge is 0.381 e. The van der Waals surface area contributed by atoms with Crippen LogP contribution in [0, 0.1) is 0 Å². The molecular formula is C18H18N2S. The summed E-state index contributed by atoms with van der Waals surface area (Å²) in [6.45, 7) is 1.72. The normalized spacial score (nSPS) is 10.3. The van der Waals surface area contributed by atoms with E-state index in [1.807, 2.05) is 36.4 Å². The van der Waals surface area contributed by atoms with Gasteiger partial charge in [0, 0.05) is 24.5 Å². The van der Waals surface area contributed by atoms with Crippen LogP contribution in [-0.4, -0.2) is 0 Å². The van der Waals surface area contributed by atoms with Gasteiger partial charge in [-0.3, -0.25) is 0 Å². The van der Waals surface area contributed by atoms with E-state index in [0.717, 1.165) is 24.5 Å². The lowest BCUT2D eigenvalue weighted by atomic mass is 10.2. The summed E-state index contributed by atoms with van der Waals surface area (Å²) in [5.74, 6) is 0. The highest BCUT2D eigenvalue weighted by molar-refractivity contribution is 7.08. The summed E-state index contributed by atoms with van der Waals surface area (Å²) in [4.78, 5) is 0. The molecule has 0 unspecified atom stereocenters. The first-order chi connectivity index (χ1) is 10.4. The smallest absolute Gasteiger partial charge is 0.0412 e. The third-order valence-electron chi connectivity index (χ3n) is 3.35. The molecule has 106 valence electrons. The van der Waals surface area contributed by atoms with Crippen LogP contribution in [0.3, 0.4) is 0 Å². The Morgan fingerprint density at radius 1 is 0.619 bits per heavy atom. The molecule has 0 radical (unpaired) electrons. The van der Waals surface area contributed by atoms with Crippen molar-refractivity contribution in [3.8, 4) is 0 Å². The number of thiophene rings is 1. The molecule has 0 fully saturated rings. The van der Waals surface area contributed by atoms with Gasteiger partial charge in [0.2, 0.25) is 0 Å². The number of para-hydroxylation sites is 2. The third kappa shape index (κ3) is 3.86. The molecule has 0 aliphatic rings. The van der Waals surface area contributed by atoms with Crippen LogP contribution in [-0.2, 0) is 13.1 Å². The highest BCUT2D eigenvalue weighted by Gasteiger charge is 2.04. The van der Waals surface area contributed by atoms with E-state index in [0.29, 0.717) is 0 Å². The van der Waals surface area contributed by atoms with Gasteiger partial charge in [0.25, 0.3) is 0 Å². The molecule has 0 spiro atoms. The van der Waals surface area contributed by atoms with E-state index in [4.69, 9.17) is 0 Å². The number of hydrogen-bond donors (Lipinski definition) is 2. The van der Waals surface area contributed by atoms with Gasteiger partial charge in [0.1, 0.15) is 0 Å². The van der Waals surface area contributed by atoms with Crippen LogP contribution in [0.2, 0.25) is 0 Å². The zero-order valence-electron chi connectivity index (χ0n) is 11.8. The van der Waals surface area contributed by atoms with Crippen LogP contribution >= 0.6 is 11.3 Å². The summed E-state index contributed by atoms with van der Waals surface area (Å²) in [5.41, 5.74) is 5.02. The van der Waals surface area contributed by atoms with Gasteiger partial charge < -0.3 is 10.6 Å². The standard InChI is InChI=1S/C18H18N2S/c1-3-7-17(8-4-1)19-11-15-13-21-14-16(15)12-20-18-9-5-2-6-10-18/h1-10,13-14,19-20H,11-12H2. The maximum Gasteiger partial charge on any atom is 0.0412 e. The summed E-state index contributed by atoms with van der Waals surface area (Å²) in [7, 11) is 0. The van der Waals surface area contributed by atoms with Crippen molar-refractivity contribution >= 4 is 22.7 Å². The topological polar surface area (TPSA) is 24.1 Å². The lowest BCUT2D eigenvalue weighted by molar-refractivity contribution is 1.07. The molecule has 2 N–H and O–H groups in total. The molecule has 0 atom stereocenters. The first-order valence-electron chi connectivity index (χ1n) is 7.03. The van der Waals surface area contributed by atoms with Crippen molar-refractivity contribution in [3.05, 3.63) is 82.6 Å². The molecule has 0 saturated heterocycles. The van der Waals surface area contributed by atoms with Crippen LogP contribution in [0.4, 0.5) is 11.4 Å². The first kappa shape index (κ1) is 13.7. The second-order valence-electron chi connectivity index (χ2n) is 4.86. The van der Waals surface area contributed by atoms with Crippen LogP contribution < -0.4 is 10.6 Å². The zero-order valence-corrected chi connectivity index (χ0v) is 12.6. The summed E-state index contributed by atoms with van der Waals surface area (Å²) in [6.07, 6.45) is 0. The van der Waals surface area contributed by atoms with Gasteiger partial charge >= 0.3 is 0 Å². The molecule has 2 nitrogen and oxygen atoms in total. The quantitative estimate of drug-likeness (QED) is 0.670. The van der Waals surface area contributed by atoms with E-state index in [-0.39, 0.29) is 0 Å². The van der Waals surface area contributed by atoms with E-state index >= 15 is 0 Å². The van der Waals surface area contributed by atoms with Gasteiger partial charge in [-0.25, -0.2) is 0 Å². The lowest BCUT2D eigenvalue weighted by Crippen LogP contribution is -2.04. The molecule has 0 saturated carbocycles. The lowest BCUT2D eigenvalue weighted by Gasteiger charge is -2.09. The van der Waals surface area contributed by atoms with Gasteiger partial charge in [0.15, 0.2) is 0 Å². The summed E-state index contributed by atoms with van der Waals surface area (Å²) >= 11 is 1.76. The van der Waals surface area contributed by atoms with E-state index < -0.39 is 0 Å². The molecule has 3 heteroatoms. The van der Waals surface area contributed by atoms with E-state index in [1.54, 1.807) is 11.3 Å². The van der Waals surface area contributed by atoms with Gasteiger partial charge in [-0.05, 0) is 46.2 Å². The molecule has 1 aromatic heterocycles.